The van der Waals surface area contributed by atoms with Crippen molar-refractivity contribution in [1.82, 2.24) is 15.2 Å². The summed E-state index contributed by atoms with van der Waals surface area (Å²) < 4.78 is 0.694. The first kappa shape index (κ1) is 17.8. The van der Waals surface area contributed by atoms with Crippen LogP contribution in [0.5, 0.6) is 0 Å². The van der Waals surface area contributed by atoms with Crippen LogP contribution < -0.4 is 11.1 Å². The predicted molar refractivity (Wildman–Crippen MR) is 105 cm³/mol. The van der Waals surface area contributed by atoms with Gasteiger partial charge in [-0.3, -0.25) is 4.79 Å². The largest absolute Gasteiger partial charge is 0.374 e. The van der Waals surface area contributed by atoms with Crippen molar-refractivity contribution in [3.63, 3.8) is 0 Å². The van der Waals surface area contributed by atoms with E-state index in [2.05, 4.69) is 20.5 Å². The van der Waals surface area contributed by atoms with Crippen LogP contribution in [0.15, 0.2) is 34.7 Å². The number of amides is 1. The van der Waals surface area contributed by atoms with Gasteiger partial charge in [0.05, 0.1) is 10.9 Å². The maximum Gasteiger partial charge on any atom is 0.239 e. The number of benzene rings is 1. The number of hydrogen-bond donors (Lipinski definition) is 2. The number of nitrogen functional groups attached to an aromatic ring is 1. The number of carbonyl (C=O) groups excluding carboxylic acids is 1. The molecule has 0 spiro atoms. The minimum atomic E-state index is -0.267. The molecule has 1 atom stereocenters. The Balaban J connectivity index is 1.71. The fourth-order valence-corrected chi connectivity index (χ4v) is 4.85. The monoisotopic (exact) mass is 391 g/mol. The van der Waals surface area contributed by atoms with Crippen LogP contribution >= 0.6 is 34.4 Å². The number of nitrogens with one attached hydrogen (secondary N) is 1. The minimum Gasteiger partial charge on any atom is -0.374 e. The second kappa shape index (κ2) is 7.94. The van der Waals surface area contributed by atoms with Gasteiger partial charge in [-0.25, -0.2) is 4.98 Å². The first-order valence-electron chi connectivity index (χ1n) is 7.66. The van der Waals surface area contributed by atoms with Crippen molar-refractivity contribution in [3.8, 4) is 11.3 Å². The number of nitrogens with two attached hydrogens (primary N) is 1. The molecule has 0 bridgehead atoms. The Labute approximate surface area is 157 Å². The predicted octanol–water partition coefficient (Wildman–Crippen LogP) is 4.06. The topological polar surface area (TPSA) is 93.8 Å². The zero-order valence-corrected chi connectivity index (χ0v) is 16.2. The van der Waals surface area contributed by atoms with Crippen LogP contribution in [0.3, 0.4) is 0 Å². The highest BCUT2D eigenvalue weighted by Gasteiger charge is 2.22. The van der Waals surface area contributed by atoms with Gasteiger partial charge in [-0.1, -0.05) is 60.4 Å². The molecular weight excluding hydrogens is 374 g/mol. The van der Waals surface area contributed by atoms with Crippen LogP contribution in [0.4, 0.5) is 10.3 Å². The molecule has 9 heteroatoms. The van der Waals surface area contributed by atoms with E-state index in [4.69, 9.17) is 5.73 Å². The highest BCUT2D eigenvalue weighted by Crippen LogP contribution is 2.32. The van der Waals surface area contributed by atoms with Gasteiger partial charge >= 0.3 is 0 Å². The van der Waals surface area contributed by atoms with Crippen molar-refractivity contribution in [3.05, 3.63) is 35.2 Å². The highest BCUT2D eigenvalue weighted by molar-refractivity contribution is 8.02. The maximum atomic E-state index is 12.6. The van der Waals surface area contributed by atoms with E-state index >= 15 is 0 Å². The third-order valence-electron chi connectivity index (χ3n) is 3.40. The van der Waals surface area contributed by atoms with E-state index in [9.17, 15) is 4.79 Å². The molecule has 0 aliphatic rings. The van der Waals surface area contributed by atoms with E-state index in [1.165, 1.54) is 34.4 Å². The summed E-state index contributed by atoms with van der Waals surface area (Å²) in [5.41, 5.74) is 7.54. The number of anilines is 2. The molecule has 1 amide bonds. The third-order valence-corrected chi connectivity index (χ3v) is 6.49. The molecule has 0 aliphatic carbocycles. The normalized spacial score (nSPS) is 12.1. The molecule has 25 heavy (non-hydrogen) atoms. The second-order valence-corrected chi connectivity index (χ2v) is 8.86. The first-order chi connectivity index (χ1) is 12.1. The molecular formula is C16H17N5OS3. The number of aromatic nitrogens is 3. The molecule has 2 heterocycles. The van der Waals surface area contributed by atoms with Crippen LogP contribution in [0.25, 0.3) is 11.3 Å². The summed E-state index contributed by atoms with van der Waals surface area (Å²) in [4.78, 5) is 18.2. The van der Waals surface area contributed by atoms with Crippen molar-refractivity contribution in [1.29, 1.82) is 0 Å². The number of thioether (sulfide) groups is 1. The lowest BCUT2D eigenvalue weighted by molar-refractivity contribution is -0.115. The van der Waals surface area contributed by atoms with Gasteiger partial charge in [0, 0.05) is 10.4 Å². The molecule has 0 radical (unpaired) electrons. The summed E-state index contributed by atoms with van der Waals surface area (Å²) in [7, 11) is 0. The van der Waals surface area contributed by atoms with Crippen LogP contribution in [0.2, 0.25) is 0 Å². The Morgan fingerprint density at radius 1 is 1.28 bits per heavy atom. The average Bonchev–Trinajstić information content (AvgIpc) is 3.18. The minimum absolute atomic E-state index is 0.0883. The Hall–Kier alpha value is -1.97. The first-order valence-corrected chi connectivity index (χ1v) is 10.2. The molecule has 0 fully saturated rings. The smallest absolute Gasteiger partial charge is 0.239 e. The van der Waals surface area contributed by atoms with Gasteiger partial charge in [-0.05, 0) is 13.3 Å². The van der Waals surface area contributed by atoms with Gasteiger partial charge in [-0.15, -0.1) is 21.5 Å². The van der Waals surface area contributed by atoms with E-state index in [0.29, 0.717) is 21.0 Å². The van der Waals surface area contributed by atoms with Gasteiger partial charge in [0.15, 0.2) is 9.47 Å². The lowest BCUT2D eigenvalue weighted by Gasteiger charge is -2.11. The van der Waals surface area contributed by atoms with E-state index in [0.717, 1.165) is 16.1 Å². The highest BCUT2D eigenvalue weighted by atomic mass is 32.2. The molecule has 3 rings (SSSR count). The number of thiazole rings is 1. The van der Waals surface area contributed by atoms with E-state index < -0.39 is 0 Å². The molecule has 130 valence electrons. The van der Waals surface area contributed by atoms with Crippen LogP contribution in [-0.4, -0.2) is 26.3 Å². The lowest BCUT2D eigenvalue weighted by Crippen LogP contribution is -2.24. The van der Waals surface area contributed by atoms with E-state index in [1.807, 2.05) is 44.2 Å². The summed E-state index contributed by atoms with van der Waals surface area (Å²) in [5, 5.41) is 11.4. The Kier molecular flexibility index (Phi) is 5.67. The molecule has 1 aromatic carbocycles. The van der Waals surface area contributed by atoms with Crippen molar-refractivity contribution in [2.45, 2.75) is 29.9 Å². The zero-order valence-electron chi connectivity index (χ0n) is 13.7. The van der Waals surface area contributed by atoms with Crippen LogP contribution in [-0.2, 0) is 4.79 Å². The number of carbonyl (C=O) groups is 1. The molecule has 3 aromatic rings. The van der Waals surface area contributed by atoms with E-state index in [-0.39, 0.29) is 11.2 Å². The second-order valence-electron chi connectivity index (χ2n) is 5.20. The number of hydrogen-bond acceptors (Lipinski definition) is 8. The standard InChI is InChI=1S/C16H17N5OS3/c1-3-11(24-16-21-20-14(17)25-16)13(22)19-15-18-12(9(2)23-15)10-7-5-4-6-8-10/h4-8,11H,3H2,1-2H3,(H2,17,20)(H,18,19,22). The van der Waals surface area contributed by atoms with Gasteiger partial charge < -0.3 is 11.1 Å². The van der Waals surface area contributed by atoms with Crippen LogP contribution in [0.1, 0.15) is 18.2 Å². The molecule has 0 saturated heterocycles. The van der Waals surface area contributed by atoms with Gasteiger partial charge in [0.25, 0.3) is 0 Å². The summed E-state index contributed by atoms with van der Waals surface area (Å²) in [6, 6.07) is 9.95. The summed E-state index contributed by atoms with van der Waals surface area (Å²) in [5.74, 6) is -0.0883. The van der Waals surface area contributed by atoms with Gasteiger partial charge in [0.1, 0.15) is 0 Å². The fraction of sp³-hybridized carbons (Fsp3) is 0.250. The summed E-state index contributed by atoms with van der Waals surface area (Å²) >= 11 is 4.14. The lowest BCUT2D eigenvalue weighted by atomic mass is 10.1. The van der Waals surface area contributed by atoms with Crippen molar-refractivity contribution in [2.75, 3.05) is 11.1 Å². The number of nitrogens with zero attached hydrogens (tertiary/aromatic N) is 3. The quantitative estimate of drug-likeness (QED) is 0.615. The van der Waals surface area contributed by atoms with Crippen molar-refractivity contribution < 1.29 is 4.79 Å². The Morgan fingerprint density at radius 2 is 2.04 bits per heavy atom. The SMILES string of the molecule is CCC(Sc1nnc(N)s1)C(=O)Nc1nc(-c2ccccc2)c(C)s1. The molecule has 6 nitrogen and oxygen atoms in total. The average molecular weight is 392 g/mol. The maximum absolute atomic E-state index is 12.6. The molecule has 1 unspecified atom stereocenters. The summed E-state index contributed by atoms with van der Waals surface area (Å²) in [6.45, 7) is 3.97. The van der Waals surface area contributed by atoms with Crippen molar-refractivity contribution >= 4 is 50.6 Å². The molecule has 3 N–H and O–H groups in total. The number of rotatable bonds is 6. The molecule has 2 aromatic heterocycles. The third kappa shape index (κ3) is 4.36. The Bertz CT molecular complexity index is 862. The van der Waals surface area contributed by atoms with Crippen LogP contribution in [0, 0.1) is 6.92 Å². The fourth-order valence-electron chi connectivity index (χ4n) is 2.21. The molecule has 0 aliphatic heterocycles. The zero-order chi connectivity index (χ0) is 17.8. The molecule has 0 saturated carbocycles. The van der Waals surface area contributed by atoms with Gasteiger partial charge in [0.2, 0.25) is 11.0 Å². The number of aryl methyl sites for hydroxylation is 1. The van der Waals surface area contributed by atoms with Gasteiger partial charge in [-0.2, -0.15) is 0 Å². The van der Waals surface area contributed by atoms with E-state index in [1.54, 1.807) is 0 Å². The Morgan fingerprint density at radius 3 is 2.68 bits per heavy atom. The van der Waals surface area contributed by atoms with Crippen molar-refractivity contribution in [2.24, 2.45) is 0 Å². The summed E-state index contributed by atoms with van der Waals surface area (Å²) in [6.07, 6.45) is 0.673.